The Balaban J connectivity index is 2.17. The summed E-state index contributed by atoms with van der Waals surface area (Å²) in [4.78, 5) is 8.23. The predicted molar refractivity (Wildman–Crippen MR) is 75.6 cm³/mol. The van der Waals surface area contributed by atoms with Gasteiger partial charge in [-0.05, 0) is 25.3 Å². The standard InChI is InChI=1S/C12H17N3S2/c1-9(2)15(7-11-4-3-5-16-11)12-14-10(6-13)8-17-12/h3-5,8-9H,6-7,13H2,1-2H3. The van der Waals surface area contributed by atoms with Crippen molar-refractivity contribution in [2.75, 3.05) is 4.90 Å². The lowest BCUT2D eigenvalue weighted by Gasteiger charge is -2.25. The Morgan fingerprint density at radius 3 is 2.76 bits per heavy atom. The Morgan fingerprint density at radius 1 is 1.41 bits per heavy atom. The molecular weight excluding hydrogens is 250 g/mol. The molecule has 2 aromatic rings. The van der Waals surface area contributed by atoms with Crippen LogP contribution in [0, 0.1) is 0 Å². The molecule has 0 aliphatic heterocycles. The minimum absolute atomic E-state index is 0.439. The molecule has 0 unspecified atom stereocenters. The SMILES string of the molecule is CC(C)N(Cc1cccs1)c1nc(CN)cs1. The van der Waals surface area contributed by atoms with Crippen LogP contribution in [0.3, 0.4) is 0 Å². The van der Waals surface area contributed by atoms with E-state index in [9.17, 15) is 0 Å². The van der Waals surface area contributed by atoms with Crippen molar-refractivity contribution in [1.82, 2.24) is 4.98 Å². The molecule has 0 aliphatic rings. The summed E-state index contributed by atoms with van der Waals surface area (Å²) in [6.07, 6.45) is 0. The molecule has 0 amide bonds. The monoisotopic (exact) mass is 267 g/mol. The molecule has 2 aromatic heterocycles. The van der Waals surface area contributed by atoms with Gasteiger partial charge in [-0.25, -0.2) is 4.98 Å². The number of hydrogen-bond acceptors (Lipinski definition) is 5. The lowest BCUT2D eigenvalue weighted by Crippen LogP contribution is -2.29. The van der Waals surface area contributed by atoms with Crippen LogP contribution in [0.5, 0.6) is 0 Å². The predicted octanol–water partition coefficient (Wildman–Crippen LogP) is 3.08. The number of thiazole rings is 1. The van der Waals surface area contributed by atoms with E-state index < -0.39 is 0 Å². The summed E-state index contributed by atoms with van der Waals surface area (Å²) in [6.45, 7) is 5.82. The zero-order valence-electron chi connectivity index (χ0n) is 10.1. The minimum Gasteiger partial charge on any atom is -0.341 e. The van der Waals surface area contributed by atoms with E-state index in [0.29, 0.717) is 12.6 Å². The van der Waals surface area contributed by atoms with Crippen LogP contribution in [0.4, 0.5) is 5.13 Å². The van der Waals surface area contributed by atoms with Crippen molar-refractivity contribution < 1.29 is 0 Å². The largest absolute Gasteiger partial charge is 0.341 e. The number of nitrogens with two attached hydrogens (primary N) is 1. The third kappa shape index (κ3) is 3.06. The van der Waals surface area contributed by atoms with Gasteiger partial charge in [0.25, 0.3) is 0 Å². The van der Waals surface area contributed by atoms with Gasteiger partial charge in [0.05, 0.1) is 12.2 Å². The smallest absolute Gasteiger partial charge is 0.186 e. The first-order chi connectivity index (χ1) is 8.20. The Labute approximate surface area is 110 Å². The molecule has 0 bridgehead atoms. The maximum atomic E-state index is 5.60. The van der Waals surface area contributed by atoms with Crippen molar-refractivity contribution >= 4 is 27.8 Å². The maximum absolute atomic E-state index is 5.60. The summed E-state index contributed by atoms with van der Waals surface area (Å²) in [7, 11) is 0. The van der Waals surface area contributed by atoms with E-state index >= 15 is 0 Å². The molecule has 92 valence electrons. The van der Waals surface area contributed by atoms with Crippen LogP contribution in [-0.4, -0.2) is 11.0 Å². The molecule has 0 fully saturated rings. The number of aromatic nitrogens is 1. The molecule has 2 N–H and O–H groups in total. The highest BCUT2D eigenvalue weighted by atomic mass is 32.1. The summed E-state index contributed by atoms with van der Waals surface area (Å²) in [5, 5.41) is 5.22. The van der Waals surface area contributed by atoms with Crippen LogP contribution in [0.25, 0.3) is 0 Å². The number of nitrogens with zero attached hydrogens (tertiary/aromatic N) is 2. The summed E-state index contributed by atoms with van der Waals surface area (Å²) in [6, 6.07) is 4.69. The van der Waals surface area contributed by atoms with E-state index in [1.54, 1.807) is 22.7 Å². The lowest BCUT2D eigenvalue weighted by atomic mass is 10.3. The normalized spacial score (nSPS) is 11.1. The molecule has 0 aliphatic carbocycles. The van der Waals surface area contributed by atoms with Gasteiger partial charge >= 0.3 is 0 Å². The van der Waals surface area contributed by atoms with Crippen LogP contribution in [0.15, 0.2) is 22.9 Å². The Kier molecular flexibility index (Phi) is 4.15. The van der Waals surface area contributed by atoms with Crippen molar-refractivity contribution in [3.05, 3.63) is 33.5 Å². The van der Waals surface area contributed by atoms with Gasteiger partial charge in [-0.15, -0.1) is 22.7 Å². The van der Waals surface area contributed by atoms with E-state index in [1.807, 2.05) is 5.38 Å². The highest BCUT2D eigenvalue weighted by Crippen LogP contribution is 2.25. The molecule has 0 saturated carbocycles. The summed E-state index contributed by atoms with van der Waals surface area (Å²) in [5.41, 5.74) is 6.58. The van der Waals surface area contributed by atoms with Gasteiger partial charge in [0.2, 0.25) is 0 Å². The van der Waals surface area contributed by atoms with E-state index in [0.717, 1.165) is 17.4 Å². The van der Waals surface area contributed by atoms with Crippen molar-refractivity contribution in [3.63, 3.8) is 0 Å². The maximum Gasteiger partial charge on any atom is 0.186 e. The number of anilines is 1. The zero-order valence-corrected chi connectivity index (χ0v) is 11.7. The molecule has 0 spiro atoms. The topological polar surface area (TPSA) is 42.2 Å². The van der Waals surface area contributed by atoms with Gasteiger partial charge in [-0.2, -0.15) is 0 Å². The molecule has 0 atom stereocenters. The van der Waals surface area contributed by atoms with E-state index in [1.165, 1.54) is 4.88 Å². The number of thiophene rings is 1. The number of hydrogen-bond donors (Lipinski definition) is 1. The van der Waals surface area contributed by atoms with Gasteiger partial charge < -0.3 is 10.6 Å². The Bertz CT molecular complexity index is 448. The Morgan fingerprint density at radius 2 is 2.24 bits per heavy atom. The van der Waals surface area contributed by atoms with Crippen molar-refractivity contribution in [2.45, 2.75) is 33.0 Å². The average molecular weight is 267 g/mol. The molecular formula is C12H17N3S2. The molecule has 0 saturated heterocycles. The van der Waals surface area contributed by atoms with E-state index in [2.05, 4.69) is 41.2 Å². The minimum atomic E-state index is 0.439. The molecule has 3 nitrogen and oxygen atoms in total. The third-order valence-corrected chi connectivity index (χ3v) is 4.31. The highest BCUT2D eigenvalue weighted by molar-refractivity contribution is 7.13. The third-order valence-electron chi connectivity index (χ3n) is 2.52. The Hall–Kier alpha value is -0.910. The van der Waals surface area contributed by atoms with Gasteiger partial charge in [0.1, 0.15) is 0 Å². The molecule has 2 rings (SSSR count). The van der Waals surface area contributed by atoms with Crippen molar-refractivity contribution in [3.8, 4) is 0 Å². The van der Waals surface area contributed by atoms with Gasteiger partial charge in [0.15, 0.2) is 5.13 Å². The summed E-state index contributed by atoms with van der Waals surface area (Å²) >= 11 is 3.46. The van der Waals surface area contributed by atoms with Gasteiger partial charge in [-0.1, -0.05) is 6.07 Å². The van der Waals surface area contributed by atoms with Crippen LogP contribution >= 0.6 is 22.7 Å². The van der Waals surface area contributed by atoms with Crippen molar-refractivity contribution in [2.24, 2.45) is 5.73 Å². The fourth-order valence-electron chi connectivity index (χ4n) is 1.56. The summed E-state index contributed by atoms with van der Waals surface area (Å²) in [5.74, 6) is 0. The molecule has 17 heavy (non-hydrogen) atoms. The lowest BCUT2D eigenvalue weighted by molar-refractivity contribution is 0.683. The van der Waals surface area contributed by atoms with E-state index in [4.69, 9.17) is 5.73 Å². The second kappa shape index (κ2) is 5.62. The average Bonchev–Trinajstić information content (AvgIpc) is 2.96. The first-order valence-corrected chi connectivity index (χ1v) is 7.40. The quantitative estimate of drug-likeness (QED) is 0.905. The zero-order chi connectivity index (χ0) is 12.3. The van der Waals surface area contributed by atoms with Gasteiger partial charge in [0, 0.05) is 22.8 Å². The molecule has 0 aromatic carbocycles. The van der Waals surface area contributed by atoms with Crippen LogP contribution in [0.1, 0.15) is 24.4 Å². The number of rotatable bonds is 5. The second-order valence-corrected chi connectivity index (χ2v) is 6.00. The second-order valence-electron chi connectivity index (χ2n) is 4.13. The van der Waals surface area contributed by atoms with Gasteiger partial charge in [-0.3, -0.25) is 0 Å². The van der Waals surface area contributed by atoms with Crippen LogP contribution in [-0.2, 0) is 13.1 Å². The molecule has 2 heterocycles. The highest BCUT2D eigenvalue weighted by Gasteiger charge is 2.15. The summed E-state index contributed by atoms with van der Waals surface area (Å²) < 4.78 is 0. The van der Waals surface area contributed by atoms with Crippen LogP contribution < -0.4 is 10.6 Å². The van der Waals surface area contributed by atoms with Crippen LogP contribution in [0.2, 0.25) is 0 Å². The first-order valence-electron chi connectivity index (χ1n) is 5.64. The fourth-order valence-corrected chi connectivity index (χ4v) is 3.24. The molecule has 5 heteroatoms. The van der Waals surface area contributed by atoms with E-state index in [-0.39, 0.29) is 0 Å². The fraction of sp³-hybridized carbons (Fsp3) is 0.417. The van der Waals surface area contributed by atoms with Crippen molar-refractivity contribution in [1.29, 1.82) is 0 Å². The first kappa shape index (κ1) is 12.5. The molecule has 0 radical (unpaired) electrons.